The Morgan fingerprint density at radius 1 is 1.33 bits per heavy atom. The number of hydrogen-bond acceptors (Lipinski definition) is 2. The van der Waals surface area contributed by atoms with Crippen molar-refractivity contribution < 1.29 is 4.79 Å². The summed E-state index contributed by atoms with van der Waals surface area (Å²) in [5.74, 6) is 0.315. The molecule has 3 nitrogen and oxygen atoms in total. The smallest absolute Gasteiger partial charge is 0.136 e. The van der Waals surface area contributed by atoms with E-state index in [9.17, 15) is 4.79 Å². The molecule has 1 fully saturated rings. The number of nitrogens with zero attached hydrogens (tertiary/aromatic N) is 2. The average Bonchev–Trinajstić information content (AvgIpc) is 3.01. The van der Waals surface area contributed by atoms with Crippen LogP contribution in [0.15, 0.2) is 42.7 Å². The fourth-order valence-corrected chi connectivity index (χ4v) is 2.37. The maximum atomic E-state index is 11.6. The van der Waals surface area contributed by atoms with E-state index in [1.54, 1.807) is 6.92 Å². The molecular weight excluding hydrogens is 224 g/mol. The molecule has 0 aliphatic heterocycles. The lowest BCUT2D eigenvalue weighted by molar-refractivity contribution is -0.121. The van der Waals surface area contributed by atoms with Gasteiger partial charge in [-0.2, -0.15) is 5.10 Å². The first-order valence-electron chi connectivity index (χ1n) is 6.30. The zero-order valence-corrected chi connectivity index (χ0v) is 10.5. The van der Waals surface area contributed by atoms with Crippen LogP contribution in [0.4, 0.5) is 0 Å². The summed E-state index contributed by atoms with van der Waals surface area (Å²) >= 11 is 0. The fourth-order valence-electron chi connectivity index (χ4n) is 2.37. The summed E-state index contributed by atoms with van der Waals surface area (Å²) in [4.78, 5) is 11.6. The van der Waals surface area contributed by atoms with Gasteiger partial charge in [0.05, 0.1) is 11.9 Å². The molecule has 1 heterocycles. The third kappa shape index (κ3) is 1.96. The first-order chi connectivity index (χ1) is 8.70. The number of carbonyl (C=O) groups excluding carboxylic acids is 1. The Labute approximate surface area is 106 Å². The van der Waals surface area contributed by atoms with Crippen LogP contribution in [0.25, 0.3) is 5.69 Å². The van der Waals surface area contributed by atoms with Gasteiger partial charge in [-0.3, -0.25) is 4.79 Å². The minimum Gasteiger partial charge on any atom is -0.299 e. The summed E-state index contributed by atoms with van der Waals surface area (Å²) in [6, 6.07) is 10.0. The number of carbonyl (C=O) groups is 1. The van der Waals surface area contributed by atoms with Gasteiger partial charge in [0, 0.05) is 11.6 Å². The van der Waals surface area contributed by atoms with Crippen LogP contribution in [-0.2, 0) is 11.2 Å². The van der Waals surface area contributed by atoms with E-state index in [2.05, 4.69) is 5.10 Å². The van der Waals surface area contributed by atoms with Crippen molar-refractivity contribution in [3.63, 3.8) is 0 Å². The first-order valence-corrected chi connectivity index (χ1v) is 6.30. The number of Topliss-reactive ketones (excluding diaryl/α,β-unsaturated/α-hetero) is 1. The summed E-state index contributed by atoms with van der Waals surface area (Å²) < 4.78 is 1.87. The topological polar surface area (TPSA) is 34.9 Å². The fraction of sp³-hybridized carbons (Fsp3) is 0.333. The molecule has 0 bridgehead atoms. The Kier molecular flexibility index (Phi) is 2.54. The first kappa shape index (κ1) is 11.2. The van der Waals surface area contributed by atoms with Gasteiger partial charge in [0.15, 0.2) is 0 Å². The minimum atomic E-state index is -0.0788. The van der Waals surface area contributed by atoms with Gasteiger partial charge < -0.3 is 0 Å². The monoisotopic (exact) mass is 240 g/mol. The molecule has 0 N–H and O–H groups in total. The molecule has 92 valence electrons. The minimum absolute atomic E-state index is 0.0788. The zero-order chi connectivity index (χ0) is 12.6. The number of rotatable bonds is 4. The SMILES string of the molecule is CC(=O)C1(Cc2cnn(-c3ccccc3)c2)CC1. The van der Waals surface area contributed by atoms with Crippen molar-refractivity contribution in [1.29, 1.82) is 0 Å². The third-order valence-corrected chi connectivity index (χ3v) is 3.80. The van der Waals surface area contributed by atoms with Gasteiger partial charge in [-0.15, -0.1) is 0 Å². The molecule has 0 unspecified atom stereocenters. The van der Waals surface area contributed by atoms with E-state index >= 15 is 0 Å². The molecule has 0 atom stereocenters. The molecule has 1 aliphatic rings. The lowest BCUT2D eigenvalue weighted by Gasteiger charge is -2.08. The van der Waals surface area contributed by atoms with Gasteiger partial charge in [0.1, 0.15) is 5.78 Å². The molecule has 3 heteroatoms. The molecule has 1 saturated carbocycles. The van der Waals surface area contributed by atoms with Crippen molar-refractivity contribution in [1.82, 2.24) is 9.78 Å². The van der Waals surface area contributed by atoms with Gasteiger partial charge in [0.25, 0.3) is 0 Å². The van der Waals surface area contributed by atoms with Crippen molar-refractivity contribution in [3.8, 4) is 5.69 Å². The molecule has 18 heavy (non-hydrogen) atoms. The molecule has 0 amide bonds. The van der Waals surface area contributed by atoms with E-state index in [0.29, 0.717) is 5.78 Å². The van der Waals surface area contributed by atoms with Crippen LogP contribution in [-0.4, -0.2) is 15.6 Å². The molecule has 0 saturated heterocycles. The van der Waals surface area contributed by atoms with Gasteiger partial charge in [-0.05, 0) is 43.9 Å². The molecule has 1 aromatic heterocycles. The van der Waals surface area contributed by atoms with Crippen molar-refractivity contribution >= 4 is 5.78 Å². The number of aromatic nitrogens is 2. The quantitative estimate of drug-likeness (QED) is 0.823. The highest BCUT2D eigenvalue weighted by molar-refractivity contribution is 5.85. The van der Waals surface area contributed by atoms with Gasteiger partial charge in [-0.1, -0.05) is 18.2 Å². The highest BCUT2D eigenvalue weighted by Gasteiger charge is 2.47. The van der Waals surface area contributed by atoms with Gasteiger partial charge in [0.2, 0.25) is 0 Å². The van der Waals surface area contributed by atoms with Gasteiger partial charge >= 0.3 is 0 Å². The number of hydrogen-bond donors (Lipinski definition) is 0. The lowest BCUT2D eigenvalue weighted by atomic mass is 9.95. The Hall–Kier alpha value is -1.90. The lowest BCUT2D eigenvalue weighted by Crippen LogP contribution is -2.14. The number of para-hydroxylation sites is 1. The van der Waals surface area contributed by atoms with Gasteiger partial charge in [-0.25, -0.2) is 4.68 Å². The second-order valence-electron chi connectivity index (χ2n) is 5.14. The Morgan fingerprint density at radius 3 is 2.67 bits per heavy atom. The van der Waals surface area contributed by atoms with Crippen LogP contribution in [0.2, 0.25) is 0 Å². The summed E-state index contributed by atoms with van der Waals surface area (Å²) in [6.45, 7) is 1.70. The second kappa shape index (κ2) is 4.09. The molecule has 2 aromatic rings. The largest absolute Gasteiger partial charge is 0.299 e. The molecule has 3 rings (SSSR count). The van der Waals surface area contributed by atoms with Crippen molar-refractivity contribution in [2.24, 2.45) is 5.41 Å². The van der Waals surface area contributed by atoms with Crippen LogP contribution < -0.4 is 0 Å². The molecule has 0 radical (unpaired) electrons. The average molecular weight is 240 g/mol. The van der Waals surface area contributed by atoms with Crippen LogP contribution in [0.1, 0.15) is 25.3 Å². The Morgan fingerprint density at radius 2 is 2.06 bits per heavy atom. The predicted octanol–water partition coefficient (Wildman–Crippen LogP) is 2.78. The summed E-state index contributed by atoms with van der Waals surface area (Å²) in [7, 11) is 0. The Balaban J connectivity index is 1.81. The third-order valence-electron chi connectivity index (χ3n) is 3.80. The summed E-state index contributed by atoms with van der Waals surface area (Å²) in [5, 5.41) is 4.36. The maximum Gasteiger partial charge on any atom is 0.136 e. The van der Waals surface area contributed by atoms with Crippen LogP contribution in [0.3, 0.4) is 0 Å². The van der Waals surface area contributed by atoms with Crippen LogP contribution >= 0.6 is 0 Å². The van der Waals surface area contributed by atoms with E-state index in [1.165, 1.54) is 0 Å². The number of benzene rings is 1. The van der Waals surface area contributed by atoms with Crippen LogP contribution in [0.5, 0.6) is 0 Å². The summed E-state index contributed by atoms with van der Waals surface area (Å²) in [5.41, 5.74) is 2.12. The normalized spacial score (nSPS) is 16.5. The van der Waals surface area contributed by atoms with E-state index < -0.39 is 0 Å². The highest BCUT2D eigenvalue weighted by Crippen LogP contribution is 2.49. The number of ketones is 1. The van der Waals surface area contributed by atoms with Crippen molar-refractivity contribution in [3.05, 3.63) is 48.3 Å². The molecule has 0 spiro atoms. The zero-order valence-electron chi connectivity index (χ0n) is 10.5. The van der Waals surface area contributed by atoms with Crippen molar-refractivity contribution in [2.75, 3.05) is 0 Å². The van der Waals surface area contributed by atoms with E-state index in [-0.39, 0.29) is 5.41 Å². The van der Waals surface area contributed by atoms with Crippen LogP contribution in [0, 0.1) is 5.41 Å². The predicted molar refractivity (Wildman–Crippen MR) is 69.6 cm³/mol. The standard InChI is InChI=1S/C15H16N2O/c1-12(18)15(7-8-15)9-13-10-16-17(11-13)14-5-3-2-4-6-14/h2-6,10-11H,7-9H2,1H3. The Bertz CT molecular complexity index is 567. The van der Waals surface area contributed by atoms with E-state index in [4.69, 9.17) is 0 Å². The molecular formula is C15H16N2O. The summed E-state index contributed by atoms with van der Waals surface area (Å²) in [6.07, 6.45) is 6.78. The van der Waals surface area contributed by atoms with Crippen molar-refractivity contribution in [2.45, 2.75) is 26.2 Å². The molecule has 1 aliphatic carbocycles. The maximum absolute atomic E-state index is 11.6. The van der Waals surface area contributed by atoms with E-state index in [0.717, 1.165) is 30.5 Å². The second-order valence-corrected chi connectivity index (χ2v) is 5.14. The molecule has 1 aromatic carbocycles. The van der Waals surface area contributed by atoms with E-state index in [1.807, 2.05) is 47.4 Å². The highest BCUT2D eigenvalue weighted by atomic mass is 16.1.